The molecule has 4 rings (SSSR count). The van der Waals surface area contributed by atoms with Gasteiger partial charge >= 0.3 is 0 Å². The second-order valence-corrected chi connectivity index (χ2v) is 9.31. The monoisotopic (exact) mass is 409 g/mol. The molecule has 4 nitrogen and oxygen atoms in total. The van der Waals surface area contributed by atoms with Crippen molar-refractivity contribution in [1.82, 2.24) is 4.98 Å². The largest absolute Gasteiger partial charge is 0.437 e. The summed E-state index contributed by atoms with van der Waals surface area (Å²) in [4.78, 5) is 7.03. The number of fused-ring (bicyclic) bond motifs is 1. The fourth-order valence-electron chi connectivity index (χ4n) is 3.52. The summed E-state index contributed by atoms with van der Waals surface area (Å²) in [6.07, 6.45) is 1.67. The van der Waals surface area contributed by atoms with E-state index in [-0.39, 0.29) is 11.2 Å². The SMILES string of the molecule is Cc1cc(F)c2c(c1)SC(N)N2c1cccnc1Oc1ccccc1C(C)(C)C. The van der Waals surface area contributed by atoms with Crippen molar-refractivity contribution in [2.75, 3.05) is 4.90 Å². The molecule has 1 aromatic heterocycles. The lowest BCUT2D eigenvalue weighted by atomic mass is 9.86. The zero-order chi connectivity index (χ0) is 20.8. The van der Waals surface area contributed by atoms with E-state index in [1.807, 2.05) is 43.3 Å². The minimum Gasteiger partial charge on any atom is -0.437 e. The molecule has 1 atom stereocenters. The number of aromatic nitrogens is 1. The van der Waals surface area contributed by atoms with Gasteiger partial charge in [0.2, 0.25) is 5.88 Å². The fourth-order valence-corrected chi connectivity index (χ4v) is 4.66. The molecule has 2 heterocycles. The molecule has 0 fully saturated rings. The van der Waals surface area contributed by atoms with E-state index in [2.05, 4.69) is 25.8 Å². The Morgan fingerprint density at radius 2 is 1.90 bits per heavy atom. The molecular formula is C23H24FN3OS. The Labute approximate surface area is 174 Å². The molecule has 1 aliphatic heterocycles. The van der Waals surface area contributed by atoms with E-state index >= 15 is 0 Å². The van der Waals surface area contributed by atoms with Crippen LogP contribution in [0, 0.1) is 12.7 Å². The smallest absolute Gasteiger partial charge is 0.243 e. The van der Waals surface area contributed by atoms with E-state index in [4.69, 9.17) is 10.5 Å². The molecule has 0 saturated carbocycles. The van der Waals surface area contributed by atoms with Crippen LogP contribution in [0.3, 0.4) is 0 Å². The Morgan fingerprint density at radius 3 is 2.66 bits per heavy atom. The number of pyridine rings is 1. The van der Waals surface area contributed by atoms with Gasteiger partial charge in [-0.1, -0.05) is 50.7 Å². The molecule has 0 radical (unpaired) electrons. The van der Waals surface area contributed by atoms with E-state index < -0.39 is 5.50 Å². The number of benzene rings is 2. The molecule has 1 unspecified atom stereocenters. The van der Waals surface area contributed by atoms with Gasteiger partial charge in [-0.15, -0.1) is 0 Å². The quantitative estimate of drug-likeness (QED) is 0.566. The summed E-state index contributed by atoms with van der Waals surface area (Å²) < 4.78 is 21.1. The van der Waals surface area contributed by atoms with Gasteiger partial charge in [0, 0.05) is 16.7 Å². The van der Waals surface area contributed by atoms with Gasteiger partial charge in [-0.25, -0.2) is 9.37 Å². The van der Waals surface area contributed by atoms with Gasteiger partial charge in [-0.05, 0) is 48.2 Å². The Balaban J connectivity index is 1.79. The molecule has 2 aromatic carbocycles. The average molecular weight is 410 g/mol. The highest BCUT2D eigenvalue weighted by molar-refractivity contribution is 8.00. The summed E-state index contributed by atoms with van der Waals surface area (Å²) in [5, 5.41) is 0. The number of ether oxygens (including phenoxy) is 1. The van der Waals surface area contributed by atoms with Crippen LogP contribution in [-0.2, 0) is 5.41 Å². The zero-order valence-electron chi connectivity index (χ0n) is 16.9. The molecule has 2 N–H and O–H groups in total. The van der Waals surface area contributed by atoms with Crippen LogP contribution in [-0.4, -0.2) is 10.5 Å². The highest BCUT2D eigenvalue weighted by Gasteiger charge is 2.34. The Bertz CT molecular complexity index is 1060. The van der Waals surface area contributed by atoms with Crippen LogP contribution in [0.25, 0.3) is 0 Å². The molecule has 6 heteroatoms. The molecule has 0 spiro atoms. The number of hydrogen-bond donors (Lipinski definition) is 1. The predicted molar refractivity (Wildman–Crippen MR) is 117 cm³/mol. The van der Waals surface area contributed by atoms with Gasteiger partial charge in [-0.2, -0.15) is 0 Å². The van der Waals surface area contributed by atoms with Gasteiger partial charge in [0.25, 0.3) is 0 Å². The Kier molecular flexibility index (Phi) is 5.00. The minimum absolute atomic E-state index is 0.0956. The lowest BCUT2D eigenvalue weighted by Gasteiger charge is -2.27. The third kappa shape index (κ3) is 3.70. The van der Waals surface area contributed by atoms with Crippen LogP contribution >= 0.6 is 11.8 Å². The molecule has 0 amide bonds. The first-order chi connectivity index (χ1) is 13.8. The predicted octanol–water partition coefficient (Wildman–Crippen LogP) is 6.11. The molecule has 150 valence electrons. The minimum atomic E-state index is -0.467. The third-order valence-corrected chi connectivity index (χ3v) is 5.85. The number of thioether (sulfide) groups is 1. The lowest BCUT2D eigenvalue weighted by Crippen LogP contribution is -2.32. The second-order valence-electron chi connectivity index (χ2n) is 8.15. The zero-order valence-corrected chi connectivity index (χ0v) is 17.8. The standard InChI is InChI=1S/C23H24FN3OS/c1-14-12-16(24)20-19(13-14)29-22(25)27(20)17-9-7-11-26-21(17)28-18-10-6-5-8-15(18)23(2,3)4/h5-13,22H,25H2,1-4H3. The molecule has 29 heavy (non-hydrogen) atoms. The van der Waals surface area contributed by atoms with Crippen molar-refractivity contribution in [3.05, 3.63) is 71.7 Å². The van der Waals surface area contributed by atoms with Crippen molar-refractivity contribution in [3.63, 3.8) is 0 Å². The van der Waals surface area contributed by atoms with Gasteiger partial charge < -0.3 is 15.4 Å². The third-order valence-electron chi connectivity index (χ3n) is 4.83. The van der Waals surface area contributed by atoms with Crippen molar-refractivity contribution < 1.29 is 9.13 Å². The molecule has 0 saturated heterocycles. The topological polar surface area (TPSA) is 51.4 Å². The number of hydrogen-bond acceptors (Lipinski definition) is 5. The average Bonchev–Trinajstić information content (AvgIpc) is 2.97. The molecule has 0 aliphatic carbocycles. The number of rotatable bonds is 3. The van der Waals surface area contributed by atoms with E-state index in [0.29, 0.717) is 17.3 Å². The lowest BCUT2D eigenvalue weighted by molar-refractivity contribution is 0.440. The Hall–Kier alpha value is -2.57. The van der Waals surface area contributed by atoms with Gasteiger partial charge in [0.15, 0.2) is 0 Å². The van der Waals surface area contributed by atoms with Crippen molar-refractivity contribution in [1.29, 1.82) is 0 Å². The highest BCUT2D eigenvalue weighted by atomic mass is 32.2. The number of aryl methyl sites for hydroxylation is 1. The first-order valence-corrected chi connectivity index (χ1v) is 10.4. The van der Waals surface area contributed by atoms with Crippen molar-refractivity contribution >= 4 is 23.1 Å². The maximum atomic E-state index is 14.9. The van der Waals surface area contributed by atoms with Gasteiger partial charge in [-0.3, -0.25) is 0 Å². The van der Waals surface area contributed by atoms with E-state index in [1.165, 1.54) is 17.8 Å². The summed E-state index contributed by atoms with van der Waals surface area (Å²) in [7, 11) is 0. The van der Waals surface area contributed by atoms with Crippen molar-refractivity contribution in [2.45, 2.75) is 43.5 Å². The first-order valence-electron chi connectivity index (χ1n) is 9.50. The van der Waals surface area contributed by atoms with Crippen molar-refractivity contribution in [3.8, 4) is 11.6 Å². The number of halogens is 1. The number of para-hydroxylation sites is 1. The van der Waals surface area contributed by atoms with Gasteiger partial charge in [0.05, 0.1) is 5.69 Å². The van der Waals surface area contributed by atoms with Gasteiger partial charge in [0.1, 0.15) is 22.8 Å². The summed E-state index contributed by atoms with van der Waals surface area (Å²) in [6.45, 7) is 8.28. The normalized spacial score (nSPS) is 16.1. The number of anilines is 2. The highest BCUT2D eigenvalue weighted by Crippen LogP contribution is 2.50. The molecule has 3 aromatic rings. The molecule has 0 bridgehead atoms. The van der Waals surface area contributed by atoms with Crippen LogP contribution in [0.1, 0.15) is 31.9 Å². The number of nitrogens with zero attached hydrogens (tertiary/aromatic N) is 2. The van der Waals surface area contributed by atoms with Crippen LogP contribution in [0.2, 0.25) is 0 Å². The van der Waals surface area contributed by atoms with E-state index in [0.717, 1.165) is 21.8 Å². The van der Waals surface area contributed by atoms with E-state index in [9.17, 15) is 4.39 Å². The fraction of sp³-hybridized carbons (Fsp3) is 0.261. The van der Waals surface area contributed by atoms with Crippen LogP contribution in [0.15, 0.2) is 59.6 Å². The first kappa shape index (κ1) is 19.7. The van der Waals surface area contributed by atoms with Crippen LogP contribution in [0.5, 0.6) is 11.6 Å². The molecule has 1 aliphatic rings. The van der Waals surface area contributed by atoms with Crippen molar-refractivity contribution in [2.24, 2.45) is 5.73 Å². The van der Waals surface area contributed by atoms with Crippen LogP contribution < -0.4 is 15.4 Å². The number of nitrogens with two attached hydrogens (primary N) is 1. The summed E-state index contributed by atoms with van der Waals surface area (Å²) in [6, 6.07) is 15.0. The maximum Gasteiger partial charge on any atom is 0.243 e. The van der Waals surface area contributed by atoms with E-state index in [1.54, 1.807) is 17.2 Å². The molecular weight excluding hydrogens is 385 g/mol. The maximum absolute atomic E-state index is 14.9. The van der Waals surface area contributed by atoms with Crippen LogP contribution in [0.4, 0.5) is 15.8 Å². The summed E-state index contributed by atoms with van der Waals surface area (Å²) >= 11 is 1.43. The Morgan fingerprint density at radius 1 is 1.14 bits per heavy atom. The second kappa shape index (κ2) is 7.35. The summed E-state index contributed by atoms with van der Waals surface area (Å²) in [5.74, 6) is 0.823. The summed E-state index contributed by atoms with van der Waals surface area (Å²) in [5.41, 5.74) is 8.86.